The summed E-state index contributed by atoms with van der Waals surface area (Å²) in [6, 6.07) is 0.641. The van der Waals surface area contributed by atoms with Crippen molar-refractivity contribution in [2.75, 3.05) is 39.2 Å². The predicted octanol–water partition coefficient (Wildman–Crippen LogP) is 1.44. The van der Waals surface area contributed by atoms with Gasteiger partial charge < -0.3 is 15.0 Å². The van der Waals surface area contributed by atoms with Crippen LogP contribution in [-0.2, 0) is 4.74 Å². The van der Waals surface area contributed by atoms with Crippen LogP contribution in [0.1, 0.15) is 19.8 Å². The first-order valence-corrected chi connectivity index (χ1v) is 7.56. The molecule has 1 fully saturated rings. The van der Waals surface area contributed by atoms with E-state index in [1.165, 1.54) is 18.6 Å². The number of likely N-dealkylation sites (N-methyl/N-ethyl adjacent to an activating group) is 2. The third-order valence-corrected chi connectivity index (χ3v) is 4.09. The van der Waals surface area contributed by atoms with E-state index in [0.717, 1.165) is 13.1 Å². The number of hydrogen-bond acceptors (Lipinski definition) is 4. The summed E-state index contributed by atoms with van der Waals surface area (Å²) in [5.74, 6) is 1.20. The third kappa shape index (κ3) is 4.62. The second-order valence-electron chi connectivity index (χ2n) is 4.76. The largest absolute Gasteiger partial charge is 0.372 e. The van der Waals surface area contributed by atoms with Crippen LogP contribution in [0.5, 0.6) is 0 Å². The molecule has 3 nitrogen and oxygen atoms in total. The first-order chi connectivity index (χ1) is 7.67. The molecule has 3 atom stereocenters. The van der Waals surface area contributed by atoms with E-state index in [9.17, 15) is 0 Å². The van der Waals surface area contributed by atoms with Crippen molar-refractivity contribution in [3.05, 3.63) is 0 Å². The molecule has 0 bridgehead atoms. The monoisotopic (exact) mass is 246 g/mol. The Hall–Kier alpha value is 0.230. The predicted molar refractivity (Wildman–Crippen MR) is 72.3 cm³/mol. The minimum atomic E-state index is 0.430. The minimum absolute atomic E-state index is 0.430. The number of nitrogens with one attached hydrogen (secondary N) is 1. The van der Waals surface area contributed by atoms with Crippen molar-refractivity contribution < 1.29 is 4.74 Å². The molecule has 1 saturated heterocycles. The average Bonchev–Trinajstić information content (AvgIpc) is 2.66. The van der Waals surface area contributed by atoms with Crippen LogP contribution in [0, 0.1) is 0 Å². The molecule has 1 rings (SSSR count). The molecular weight excluding hydrogens is 220 g/mol. The van der Waals surface area contributed by atoms with Gasteiger partial charge >= 0.3 is 0 Å². The van der Waals surface area contributed by atoms with E-state index in [4.69, 9.17) is 4.74 Å². The Kier molecular flexibility index (Phi) is 6.73. The highest BCUT2D eigenvalue weighted by molar-refractivity contribution is 7.98. The lowest BCUT2D eigenvalue weighted by Gasteiger charge is -2.27. The first kappa shape index (κ1) is 14.3. The molecule has 0 aromatic rings. The molecule has 0 aromatic carbocycles. The molecule has 1 aliphatic rings. The van der Waals surface area contributed by atoms with E-state index in [1.54, 1.807) is 0 Å². The number of ether oxygens (including phenoxy) is 1. The van der Waals surface area contributed by atoms with Crippen molar-refractivity contribution in [2.24, 2.45) is 0 Å². The van der Waals surface area contributed by atoms with Crippen molar-refractivity contribution in [3.63, 3.8) is 0 Å². The van der Waals surface area contributed by atoms with Gasteiger partial charge in [0.1, 0.15) is 0 Å². The Morgan fingerprint density at radius 2 is 2.12 bits per heavy atom. The molecule has 3 unspecified atom stereocenters. The molecule has 0 aromatic heterocycles. The third-order valence-electron chi connectivity index (χ3n) is 3.28. The molecular formula is C12H26N2OS. The maximum Gasteiger partial charge on any atom is 0.0707 e. The second kappa shape index (κ2) is 7.54. The van der Waals surface area contributed by atoms with E-state index in [0.29, 0.717) is 18.2 Å². The van der Waals surface area contributed by atoms with Gasteiger partial charge in [-0.2, -0.15) is 11.8 Å². The summed E-state index contributed by atoms with van der Waals surface area (Å²) < 4.78 is 5.99. The van der Waals surface area contributed by atoms with Gasteiger partial charge in [0.2, 0.25) is 0 Å². The van der Waals surface area contributed by atoms with Crippen molar-refractivity contribution >= 4 is 11.8 Å². The highest BCUT2D eigenvalue weighted by atomic mass is 32.2. The summed E-state index contributed by atoms with van der Waals surface area (Å²) in [5.41, 5.74) is 0. The molecule has 16 heavy (non-hydrogen) atoms. The van der Waals surface area contributed by atoms with Gasteiger partial charge in [0.15, 0.2) is 0 Å². The van der Waals surface area contributed by atoms with Crippen molar-refractivity contribution in [2.45, 2.75) is 38.0 Å². The lowest BCUT2D eigenvalue weighted by atomic mass is 10.2. The molecule has 1 aliphatic heterocycles. The number of rotatable bonds is 7. The first-order valence-electron chi connectivity index (χ1n) is 6.16. The summed E-state index contributed by atoms with van der Waals surface area (Å²) in [6.45, 7) is 4.35. The van der Waals surface area contributed by atoms with Crippen LogP contribution in [0.4, 0.5) is 0 Å². The lowest BCUT2D eigenvalue weighted by molar-refractivity contribution is 0.0242. The quantitative estimate of drug-likeness (QED) is 0.734. The van der Waals surface area contributed by atoms with Crippen molar-refractivity contribution in [1.82, 2.24) is 10.2 Å². The number of hydrogen-bond donors (Lipinski definition) is 1. The van der Waals surface area contributed by atoms with Gasteiger partial charge in [0, 0.05) is 24.9 Å². The van der Waals surface area contributed by atoms with Gasteiger partial charge in [0.05, 0.1) is 12.2 Å². The number of thioether (sulfide) groups is 1. The molecule has 4 heteroatoms. The molecule has 1 N–H and O–H groups in total. The van der Waals surface area contributed by atoms with Crippen molar-refractivity contribution in [3.8, 4) is 0 Å². The van der Waals surface area contributed by atoms with E-state index in [2.05, 4.69) is 30.4 Å². The fourth-order valence-electron chi connectivity index (χ4n) is 2.16. The molecule has 0 saturated carbocycles. The van der Waals surface area contributed by atoms with E-state index >= 15 is 0 Å². The zero-order valence-corrected chi connectivity index (χ0v) is 11.8. The Morgan fingerprint density at radius 1 is 1.44 bits per heavy atom. The molecule has 96 valence electrons. The smallest absolute Gasteiger partial charge is 0.0707 e. The molecule has 0 aliphatic carbocycles. The standard InChI is InChI=1S/C12H26N2OS/c1-10(9-16-4)14(3)8-12-6-5-11(15-12)7-13-2/h10-13H,5-9H2,1-4H3. The number of nitrogens with zero attached hydrogens (tertiary/aromatic N) is 1. The zero-order valence-electron chi connectivity index (χ0n) is 11.0. The van der Waals surface area contributed by atoms with Crippen LogP contribution in [-0.4, -0.2) is 62.3 Å². The topological polar surface area (TPSA) is 24.5 Å². The van der Waals surface area contributed by atoms with Crippen LogP contribution in [0.15, 0.2) is 0 Å². The maximum absolute atomic E-state index is 5.99. The fraction of sp³-hybridized carbons (Fsp3) is 1.00. The van der Waals surface area contributed by atoms with E-state index < -0.39 is 0 Å². The lowest BCUT2D eigenvalue weighted by Crippen LogP contribution is -2.37. The average molecular weight is 246 g/mol. The summed E-state index contributed by atoms with van der Waals surface area (Å²) >= 11 is 1.91. The van der Waals surface area contributed by atoms with Crippen LogP contribution < -0.4 is 5.32 Å². The summed E-state index contributed by atoms with van der Waals surface area (Å²) in [4.78, 5) is 2.42. The normalized spacial score (nSPS) is 27.6. The maximum atomic E-state index is 5.99. The summed E-state index contributed by atoms with van der Waals surface area (Å²) in [5, 5.41) is 3.18. The summed E-state index contributed by atoms with van der Waals surface area (Å²) in [6.07, 6.45) is 5.45. The van der Waals surface area contributed by atoms with E-state index in [1.807, 2.05) is 18.8 Å². The van der Waals surface area contributed by atoms with Crippen molar-refractivity contribution in [1.29, 1.82) is 0 Å². The Bertz CT molecular complexity index is 192. The summed E-state index contributed by atoms with van der Waals surface area (Å²) in [7, 11) is 4.19. The fourth-order valence-corrected chi connectivity index (χ4v) is 2.90. The Balaban J connectivity index is 2.22. The second-order valence-corrected chi connectivity index (χ2v) is 5.67. The van der Waals surface area contributed by atoms with Crippen LogP contribution >= 0.6 is 11.8 Å². The highest BCUT2D eigenvalue weighted by Gasteiger charge is 2.26. The molecule has 0 radical (unpaired) electrons. The van der Waals surface area contributed by atoms with Gasteiger partial charge in [-0.05, 0) is 40.1 Å². The minimum Gasteiger partial charge on any atom is -0.372 e. The Morgan fingerprint density at radius 3 is 2.75 bits per heavy atom. The molecule has 1 heterocycles. The highest BCUT2D eigenvalue weighted by Crippen LogP contribution is 2.20. The SMILES string of the molecule is CNCC1CCC(CN(C)C(C)CSC)O1. The van der Waals surface area contributed by atoms with Crippen LogP contribution in [0.2, 0.25) is 0 Å². The van der Waals surface area contributed by atoms with Crippen LogP contribution in [0.3, 0.4) is 0 Å². The van der Waals surface area contributed by atoms with Gasteiger partial charge in [-0.1, -0.05) is 0 Å². The van der Waals surface area contributed by atoms with E-state index in [-0.39, 0.29) is 0 Å². The van der Waals surface area contributed by atoms with Gasteiger partial charge in [-0.3, -0.25) is 0 Å². The van der Waals surface area contributed by atoms with Gasteiger partial charge in [-0.25, -0.2) is 0 Å². The zero-order chi connectivity index (χ0) is 12.0. The molecule has 0 spiro atoms. The van der Waals surface area contributed by atoms with Gasteiger partial charge in [-0.15, -0.1) is 0 Å². The molecule has 0 amide bonds. The van der Waals surface area contributed by atoms with Crippen LogP contribution in [0.25, 0.3) is 0 Å². The van der Waals surface area contributed by atoms with Gasteiger partial charge in [0.25, 0.3) is 0 Å². The Labute approximate surface area is 104 Å².